The van der Waals surface area contributed by atoms with E-state index in [1.165, 1.54) is 25.4 Å². The number of ether oxygens (including phenoxy) is 1. The van der Waals surface area contributed by atoms with Gasteiger partial charge in [0.2, 0.25) is 0 Å². The lowest BCUT2D eigenvalue weighted by molar-refractivity contribution is 0.0593. The van der Waals surface area contributed by atoms with E-state index >= 15 is 0 Å². The Bertz CT molecular complexity index is 734. The van der Waals surface area contributed by atoms with Crippen molar-refractivity contribution in [1.29, 1.82) is 0 Å². The average molecular weight is 350 g/mol. The topological polar surface area (TPSA) is 162 Å². The van der Waals surface area contributed by atoms with Crippen LogP contribution < -0.4 is 11.5 Å². The molecule has 0 aliphatic rings. The number of pyridine rings is 2. The third-order valence-electron chi connectivity index (χ3n) is 2.90. The molecule has 6 N–H and O–H groups in total. The van der Waals surface area contributed by atoms with Crippen molar-refractivity contribution < 1.29 is 24.5 Å². The third-order valence-corrected chi connectivity index (χ3v) is 2.90. The molecule has 0 saturated heterocycles. The zero-order chi connectivity index (χ0) is 19.6. The minimum absolute atomic E-state index is 0.0203. The number of aromatic carboxylic acids is 1. The van der Waals surface area contributed by atoms with Crippen LogP contribution in [0.3, 0.4) is 0 Å². The van der Waals surface area contributed by atoms with Crippen LogP contribution in [-0.4, -0.2) is 46.3 Å². The van der Waals surface area contributed by atoms with Crippen LogP contribution in [0.5, 0.6) is 0 Å². The fourth-order valence-electron chi connectivity index (χ4n) is 1.41. The highest BCUT2D eigenvalue weighted by molar-refractivity contribution is 5.88. The number of aliphatic hydroxyl groups is 1. The van der Waals surface area contributed by atoms with Crippen LogP contribution in [0.2, 0.25) is 0 Å². The van der Waals surface area contributed by atoms with Crippen LogP contribution in [0.1, 0.15) is 32.1 Å². The normalized spacial score (nSPS) is 9.00. The maximum atomic E-state index is 10.9. The number of hydrogen-bond acceptors (Lipinski definition) is 8. The summed E-state index contributed by atoms with van der Waals surface area (Å²) in [6.45, 7) is 3.59. The Balaban J connectivity index is 0.000000421. The number of aliphatic hydroxyl groups excluding tert-OH is 1. The number of rotatable bonds is 2. The second kappa shape index (κ2) is 10.6. The first kappa shape index (κ1) is 21.8. The number of esters is 1. The van der Waals surface area contributed by atoms with Crippen molar-refractivity contribution in [2.75, 3.05) is 25.7 Å². The van der Waals surface area contributed by atoms with Gasteiger partial charge in [0, 0.05) is 30.9 Å². The van der Waals surface area contributed by atoms with Gasteiger partial charge in [0.15, 0.2) is 0 Å². The predicted octanol–water partition coefficient (Wildman–Crippen LogP) is 1.04. The number of anilines is 2. The monoisotopic (exact) mass is 350 g/mol. The molecule has 0 unspecified atom stereocenters. The van der Waals surface area contributed by atoms with Gasteiger partial charge in [-0.25, -0.2) is 19.6 Å². The molecule has 0 saturated carbocycles. The number of carbonyl (C=O) groups excluding carboxylic acids is 1. The molecule has 0 aliphatic heterocycles. The highest BCUT2D eigenvalue weighted by Gasteiger charge is 2.07. The lowest BCUT2D eigenvalue weighted by atomic mass is 10.2. The van der Waals surface area contributed by atoms with Gasteiger partial charge in [-0.3, -0.25) is 0 Å². The first-order valence-corrected chi connectivity index (χ1v) is 6.96. The number of nitrogens with zero attached hydrogens (tertiary/aromatic N) is 2. The molecule has 2 heterocycles. The predicted molar refractivity (Wildman–Crippen MR) is 93.2 cm³/mol. The first-order valence-electron chi connectivity index (χ1n) is 6.96. The molecule has 9 heteroatoms. The molecule has 0 aliphatic carbocycles. The number of carbonyl (C=O) groups is 2. The quantitative estimate of drug-likeness (QED) is 0.579. The molecule has 2 aromatic rings. The minimum atomic E-state index is -1.06. The van der Waals surface area contributed by atoms with Crippen molar-refractivity contribution in [2.45, 2.75) is 13.8 Å². The van der Waals surface area contributed by atoms with Gasteiger partial charge in [-0.2, -0.15) is 0 Å². The zero-order valence-electron chi connectivity index (χ0n) is 14.5. The summed E-state index contributed by atoms with van der Waals surface area (Å²) >= 11 is 0. The summed E-state index contributed by atoms with van der Waals surface area (Å²) in [5.74, 6) is -1.53. The van der Waals surface area contributed by atoms with Gasteiger partial charge in [-0.05, 0) is 37.1 Å². The fourth-order valence-corrected chi connectivity index (χ4v) is 1.41. The summed E-state index contributed by atoms with van der Waals surface area (Å²) in [6.07, 6.45) is 2.99. The molecule has 2 rings (SSSR count). The van der Waals surface area contributed by atoms with Gasteiger partial charge in [0.1, 0.15) is 11.4 Å². The molecule has 0 fully saturated rings. The van der Waals surface area contributed by atoms with Gasteiger partial charge < -0.3 is 26.4 Å². The Morgan fingerprint density at radius 2 is 1.36 bits per heavy atom. The van der Waals surface area contributed by atoms with Crippen LogP contribution in [0.4, 0.5) is 11.4 Å². The first-order chi connectivity index (χ1) is 11.8. The Hall–Kier alpha value is -3.20. The van der Waals surface area contributed by atoms with E-state index in [2.05, 4.69) is 14.7 Å². The van der Waals surface area contributed by atoms with Gasteiger partial charge >= 0.3 is 11.9 Å². The summed E-state index contributed by atoms with van der Waals surface area (Å²) in [4.78, 5) is 28.8. The zero-order valence-corrected chi connectivity index (χ0v) is 14.5. The van der Waals surface area contributed by atoms with Gasteiger partial charge in [0.25, 0.3) is 0 Å². The van der Waals surface area contributed by atoms with Crippen LogP contribution in [0, 0.1) is 13.8 Å². The maximum absolute atomic E-state index is 10.9. The van der Waals surface area contributed by atoms with Gasteiger partial charge in [0.05, 0.1) is 7.11 Å². The lowest BCUT2D eigenvalue weighted by Crippen LogP contribution is -2.05. The summed E-state index contributed by atoms with van der Waals surface area (Å²) < 4.78 is 4.47. The standard InChI is InChI=1S/C8H10N2O2.C7H8N2O2.CH4O/c1-5-4-10-7(3-6(5)9)8(11)12-2;1-4-3-9-6(7(10)11)2-5(4)8;1-2/h3-4H,1-2H3,(H2,9,10);2-3H,1H3,(H2,8,9)(H,10,11);2H,1H3. The highest BCUT2D eigenvalue weighted by Crippen LogP contribution is 2.10. The molecule has 0 atom stereocenters. The minimum Gasteiger partial charge on any atom is -0.477 e. The summed E-state index contributed by atoms with van der Waals surface area (Å²) in [7, 11) is 2.31. The van der Waals surface area contributed by atoms with Crippen molar-refractivity contribution in [1.82, 2.24) is 9.97 Å². The number of hydrogen-bond donors (Lipinski definition) is 4. The van der Waals surface area contributed by atoms with Crippen LogP contribution in [-0.2, 0) is 4.74 Å². The van der Waals surface area contributed by atoms with E-state index in [0.717, 1.165) is 18.2 Å². The number of methoxy groups -OCH3 is 1. The lowest BCUT2D eigenvalue weighted by Gasteiger charge is -2.01. The molecule has 0 spiro atoms. The Morgan fingerprint density at radius 1 is 0.960 bits per heavy atom. The summed E-state index contributed by atoms with van der Waals surface area (Å²) in [6, 6.07) is 2.85. The Morgan fingerprint density at radius 3 is 1.72 bits per heavy atom. The Labute approximate surface area is 145 Å². The number of aryl methyl sites for hydroxylation is 2. The van der Waals surface area contributed by atoms with E-state index in [0.29, 0.717) is 11.4 Å². The summed E-state index contributed by atoms with van der Waals surface area (Å²) in [5, 5.41) is 15.5. The molecule has 0 amide bonds. The molecule has 25 heavy (non-hydrogen) atoms. The average Bonchev–Trinajstić information content (AvgIpc) is 2.61. The molecule has 9 nitrogen and oxygen atoms in total. The van der Waals surface area contributed by atoms with Crippen molar-refractivity contribution in [3.63, 3.8) is 0 Å². The Kier molecular flexibility index (Phi) is 9.20. The SMILES string of the molecule is CO.COC(=O)c1cc(N)c(C)cn1.Cc1cnc(C(=O)O)cc1N. The molecule has 0 aromatic carbocycles. The van der Waals surface area contributed by atoms with Crippen LogP contribution in [0.15, 0.2) is 24.5 Å². The van der Waals surface area contributed by atoms with E-state index in [1.807, 2.05) is 6.92 Å². The molecule has 0 radical (unpaired) electrons. The number of aromatic nitrogens is 2. The van der Waals surface area contributed by atoms with E-state index in [1.54, 1.807) is 13.1 Å². The highest BCUT2D eigenvalue weighted by atomic mass is 16.5. The number of nitrogens with two attached hydrogens (primary N) is 2. The van der Waals surface area contributed by atoms with Crippen LogP contribution in [0.25, 0.3) is 0 Å². The van der Waals surface area contributed by atoms with Crippen molar-refractivity contribution in [3.8, 4) is 0 Å². The van der Waals surface area contributed by atoms with E-state index in [4.69, 9.17) is 21.7 Å². The smallest absolute Gasteiger partial charge is 0.356 e. The second-order valence-electron chi connectivity index (χ2n) is 4.65. The largest absolute Gasteiger partial charge is 0.477 e. The molecule has 136 valence electrons. The maximum Gasteiger partial charge on any atom is 0.356 e. The third kappa shape index (κ3) is 6.83. The van der Waals surface area contributed by atoms with Crippen molar-refractivity contribution in [2.24, 2.45) is 0 Å². The fraction of sp³-hybridized carbons (Fsp3) is 0.250. The second-order valence-corrected chi connectivity index (χ2v) is 4.65. The van der Waals surface area contributed by atoms with E-state index < -0.39 is 11.9 Å². The number of carboxylic acids is 1. The van der Waals surface area contributed by atoms with Crippen molar-refractivity contribution >= 4 is 23.3 Å². The summed E-state index contributed by atoms with van der Waals surface area (Å²) in [5.41, 5.74) is 13.9. The molecule has 0 bridgehead atoms. The van der Waals surface area contributed by atoms with E-state index in [-0.39, 0.29) is 11.4 Å². The van der Waals surface area contributed by atoms with Crippen LogP contribution >= 0.6 is 0 Å². The van der Waals surface area contributed by atoms with E-state index in [9.17, 15) is 9.59 Å². The molecular weight excluding hydrogens is 328 g/mol. The number of carboxylic acid groups (broad SMARTS) is 1. The molecular formula is C16H22N4O5. The van der Waals surface area contributed by atoms with Gasteiger partial charge in [-0.1, -0.05) is 0 Å². The number of nitrogen functional groups attached to an aromatic ring is 2. The molecule has 2 aromatic heterocycles. The van der Waals surface area contributed by atoms with Gasteiger partial charge in [-0.15, -0.1) is 0 Å². The van der Waals surface area contributed by atoms with Crippen molar-refractivity contribution in [3.05, 3.63) is 47.0 Å².